The molecule has 0 atom stereocenters. The smallest absolute Gasteiger partial charge is 0.0138 e. The minimum absolute atomic E-state index is 0.116. The molecule has 0 unspecified atom stereocenters. The minimum Gasteiger partial charge on any atom is -0.325 e. The van der Waals surface area contributed by atoms with E-state index in [1.165, 1.54) is 24.2 Å². The summed E-state index contributed by atoms with van der Waals surface area (Å²) in [5.74, 6) is 0.728. The molecule has 2 rings (SSSR count). The molecular weight excluding hydrogens is 196 g/mol. The van der Waals surface area contributed by atoms with Crippen LogP contribution in [0.1, 0.15) is 30.9 Å². The van der Waals surface area contributed by atoms with Gasteiger partial charge >= 0.3 is 0 Å². The van der Waals surface area contributed by atoms with Crippen LogP contribution in [0.2, 0.25) is 0 Å². The molecule has 0 aromatic heterocycles. The van der Waals surface area contributed by atoms with Gasteiger partial charge in [0.25, 0.3) is 0 Å². The lowest BCUT2D eigenvalue weighted by molar-refractivity contribution is 0.189. The normalized spacial score (nSPS) is 18.5. The first-order chi connectivity index (χ1) is 7.44. The molecule has 2 nitrogen and oxygen atoms in total. The Morgan fingerprint density at radius 3 is 2.62 bits per heavy atom. The first kappa shape index (κ1) is 11.6. The lowest BCUT2D eigenvalue weighted by atomic mass is 9.88. The molecule has 1 aromatic carbocycles. The zero-order valence-electron chi connectivity index (χ0n) is 10.5. The summed E-state index contributed by atoms with van der Waals surface area (Å²) >= 11 is 0. The molecule has 16 heavy (non-hydrogen) atoms. The number of nitrogens with two attached hydrogens (primary N) is 1. The molecule has 1 aliphatic heterocycles. The number of hydrogen-bond acceptors (Lipinski definition) is 2. The van der Waals surface area contributed by atoms with Gasteiger partial charge in [-0.3, -0.25) is 0 Å². The maximum absolute atomic E-state index is 6.05. The Bertz CT molecular complexity index is 359. The molecule has 0 radical (unpaired) electrons. The van der Waals surface area contributed by atoms with Crippen molar-refractivity contribution in [2.24, 2.45) is 5.73 Å². The van der Waals surface area contributed by atoms with Crippen LogP contribution in [0, 0.1) is 0 Å². The second-order valence-corrected chi connectivity index (χ2v) is 5.83. The number of nitrogens with zero attached hydrogens (tertiary/aromatic N) is 1. The first-order valence-electron chi connectivity index (χ1n) is 6.00. The molecule has 0 saturated carbocycles. The van der Waals surface area contributed by atoms with E-state index in [2.05, 4.69) is 50.1 Å². The molecule has 1 heterocycles. The minimum atomic E-state index is -0.116. The SMILES string of the molecule is CN1CC(c2cccc(CC(C)(C)N)c2)C1. The van der Waals surface area contributed by atoms with Crippen LogP contribution in [0.25, 0.3) is 0 Å². The van der Waals surface area contributed by atoms with Crippen LogP contribution in [-0.4, -0.2) is 30.6 Å². The van der Waals surface area contributed by atoms with E-state index in [0.717, 1.165) is 12.3 Å². The van der Waals surface area contributed by atoms with Gasteiger partial charge in [-0.25, -0.2) is 0 Å². The summed E-state index contributed by atoms with van der Waals surface area (Å²) in [7, 11) is 2.17. The Morgan fingerprint density at radius 2 is 2.06 bits per heavy atom. The third-order valence-corrected chi connectivity index (χ3v) is 3.15. The Kier molecular flexibility index (Phi) is 3.04. The summed E-state index contributed by atoms with van der Waals surface area (Å²) in [4.78, 5) is 2.35. The van der Waals surface area contributed by atoms with E-state index in [-0.39, 0.29) is 5.54 Å². The van der Waals surface area contributed by atoms with Crippen LogP contribution >= 0.6 is 0 Å². The van der Waals surface area contributed by atoms with Crippen LogP contribution in [0.3, 0.4) is 0 Å². The molecule has 2 heteroatoms. The quantitative estimate of drug-likeness (QED) is 0.840. The Balaban J connectivity index is 2.08. The number of hydrogen-bond donors (Lipinski definition) is 1. The van der Waals surface area contributed by atoms with Crippen LogP contribution in [-0.2, 0) is 6.42 Å². The fraction of sp³-hybridized carbons (Fsp3) is 0.571. The van der Waals surface area contributed by atoms with Crippen molar-refractivity contribution in [1.82, 2.24) is 4.90 Å². The topological polar surface area (TPSA) is 29.3 Å². The third kappa shape index (κ3) is 2.83. The number of rotatable bonds is 3. The molecule has 0 aliphatic carbocycles. The highest BCUT2D eigenvalue weighted by atomic mass is 15.2. The molecule has 0 spiro atoms. The lowest BCUT2D eigenvalue weighted by Crippen LogP contribution is -2.41. The summed E-state index contributed by atoms with van der Waals surface area (Å²) < 4.78 is 0. The molecule has 0 bridgehead atoms. The average Bonchev–Trinajstić information content (AvgIpc) is 2.10. The van der Waals surface area contributed by atoms with E-state index in [9.17, 15) is 0 Å². The summed E-state index contributed by atoms with van der Waals surface area (Å²) in [5.41, 5.74) is 8.77. The van der Waals surface area contributed by atoms with Crippen LogP contribution < -0.4 is 5.73 Å². The van der Waals surface area contributed by atoms with Crippen molar-refractivity contribution in [1.29, 1.82) is 0 Å². The van der Waals surface area contributed by atoms with Gasteiger partial charge in [-0.1, -0.05) is 24.3 Å². The molecule has 0 amide bonds. The molecule has 1 aliphatic rings. The van der Waals surface area contributed by atoms with Gasteiger partial charge in [-0.15, -0.1) is 0 Å². The van der Waals surface area contributed by atoms with Gasteiger partial charge in [0.2, 0.25) is 0 Å². The van der Waals surface area contributed by atoms with Gasteiger partial charge in [0, 0.05) is 24.5 Å². The maximum atomic E-state index is 6.05. The summed E-state index contributed by atoms with van der Waals surface area (Å²) in [6.45, 7) is 6.54. The Hall–Kier alpha value is -0.860. The standard InChI is InChI=1S/C14H22N2/c1-14(2,15)8-11-5-4-6-12(7-11)13-9-16(3)10-13/h4-7,13H,8-10,15H2,1-3H3. The van der Waals surface area contributed by atoms with Gasteiger partial charge in [0.15, 0.2) is 0 Å². The monoisotopic (exact) mass is 218 g/mol. The van der Waals surface area contributed by atoms with Gasteiger partial charge in [-0.2, -0.15) is 0 Å². The first-order valence-corrected chi connectivity index (χ1v) is 6.00. The van der Waals surface area contributed by atoms with Gasteiger partial charge < -0.3 is 10.6 Å². The summed E-state index contributed by atoms with van der Waals surface area (Å²) in [6, 6.07) is 8.91. The fourth-order valence-electron chi connectivity index (χ4n) is 2.39. The molecular formula is C14H22N2. The van der Waals surface area contributed by atoms with E-state index in [1.54, 1.807) is 0 Å². The molecule has 1 fully saturated rings. The largest absolute Gasteiger partial charge is 0.325 e. The average molecular weight is 218 g/mol. The van der Waals surface area contributed by atoms with Crippen molar-refractivity contribution in [3.8, 4) is 0 Å². The fourth-order valence-corrected chi connectivity index (χ4v) is 2.39. The Morgan fingerprint density at radius 1 is 1.38 bits per heavy atom. The van der Waals surface area contributed by atoms with Crippen LogP contribution in [0.15, 0.2) is 24.3 Å². The van der Waals surface area contributed by atoms with Crippen LogP contribution in [0.4, 0.5) is 0 Å². The Labute approximate surface area is 98.4 Å². The van der Waals surface area contributed by atoms with E-state index < -0.39 is 0 Å². The van der Waals surface area contributed by atoms with Crippen molar-refractivity contribution < 1.29 is 0 Å². The maximum Gasteiger partial charge on any atom is 0.0138 e. The zero-order valence-corrected chi connectivity index (χ0v) is 10.5. The molecule has 2 N–H and O–H groups in total. The highest BCUT2D eigenvalue weighted by Crippen LogP contribution is 2.26. The number of benzene rings is 1. The lowest BCUT2D eigenvalue weighted by Gasteiger charge is -2.36. The summed E-state index contributed by atoms with van der Waals surface area (Å²) in [6.07, 6.45) is 0.948. The van der Waals surface area contributed by atoms with Gasteiger partial charge in [-0.05, 0) is 38.4 Å². The van der Waals surface area contributed by atoms with E-state index in [1.807, 2.05) is 0 Å². The molecule has 1 saturated heterocycles. The highest BCUT2D eigenvalue weighted by Gasteiger charge is 2.24. The van der Waals surface area contributed by atoms with Crippen LogP contribution in [0.5, 0.6) is 0 Å². The summed E-state index contributed by atoms with van der Waals surface area (Å²) in [5, 5.41) is 0. The third-order valence-electron chi connectivity index (χ3n) is 3.15. The van der Waals surface area contributed by atoms with Crippen molar-refractivity contribution in [3.63, 3.8) is 0 Å². The highest BCUT2D eigenvalue weighted by molar-refractivity contribution is 5.29. The predicted molar refractivity (Wildman–Crippen MR) is 68.7 cm³/mol. The zero-order chi connectivity index (χ0) is 11.8. The van der Waals surface area contributed by atoms with E-state index in [4.69, 9.17) is 5.73 Å². The van der Waals surface area contributed by atoms with E-state index >= 15 is 0 Å². The number of likely N-dealkylation sites (N-methyl/N-ethyl adjacent to an activating group) is 1. The van der Waals surface area contributed by atoms with Crippen molar-refractivity contribution in [2.45, 2.75) is 31.7 Å². The van der Waals surface area contributed by atoms with Crippen molar-refractivity contribution >= 4 is 0 Å². The van der Waals surface area contributed by atoms with Gasteiger partial charge in [0.05, 0.1) is 0 Å². The van der Waals surface area contributed by atoms with Crippen molar-refractivity contribution in [3.05, 3.63) is 35.4 Å². The molecule has 1 aromatic rings. The molecule has 88 valence electrons. The van der Waals surface area contributed by atoms with Gasteiger partial charge in [0.1, 0.15) is 0 Å². The van der Waals surface area contributed by atoms with E-state index in [0.29, 0.717) is 0 Å². The van der Waals surface area contributed by atoms with Crippen molar-refractivity contribution in [2.75, 3.05) is 20.1 Å². The second-order valence-electron chi connectivity index (χ2n) is 5.83. The predicted octanol–water partition coefficient (Wildman–Crippen LogP) is 2.00. The number of likely N-dealkylation sites (tertiary alicyclic amines) is 1. The second kappa shape index (κ2) is 4.19.